The Kier molecular flexibility index (Phi) is 5.84. The van der Waals surface area contributed by atoms with Crippen LogP contribution in [0.1, 0.15) is 25.5 Å². The average Bonchev–Trinajstić information content (AvgIpc) is 2.53. The molecule has 1 unspecified atom stereocenters. The first-order valence-electron chi connectivity index (χ1n) is 7.34. The number of aromatic nitrogens is 2. The van der Waals surface area contributed by atoms with Gasteiger partial charge in [0.1, 0.15) is 17.4 Å². The number of hydrogen-bond donors (Lipinski definition) is 1. The number of anilines is 1. The highest BCUT2D eigenvalue weighted by atomic mass is 32.2. The van der Waals surface area contributed by atoms with E-state index < -0.39 is 11.1 Å². The number of hydrogen-bond acceptors (Lipinski definition) is 5. The smallest absolute Gasteiger partial charge is 0.226 e. The van der Waals surface area contributed by atoms with Crippen LogP contribution in [0.2, 0.25) is 0 Å². The molecule has 0 saturated heterocycles. The number of rotatable bonds is 6. The van der Waals surface area contributed by atoms with Gasteiger partial charge in [0.25, 0.3) is 0 Å². The van der Waals surface area contributed by atoms with E-state index in [-0.39, 0.29) is 17.6 Å². The third kappa shape index (κ3) is 4.07. The van der Waals surface area contributed by atoms with Gasteiger partial charge in [-0.2, -0.15) is 0 Å². The maximum absolute atomic E-state index is 13.2. The highest BCUT2D eigenvalue weighted by molar-refractivity contribution is 7.79. The Morgan fingerprint density at radius 3 is 2.42 bits per heavy atom. The number of nitrogens with zero attached hydrogens (tertiary/aromatic N) is 3. The molecule has 2 aromatic rings. The van der Waals surface area contributed by atoms with Crippen LogP contribution in [0.25, 0.3) is 11.3 Å². The summed E-state index contributed by atoms with van der Waals surface area (Å²) in [4.78, 5) is 10.4. The summed E-state index contributed by atoms with van der Waals surface area (Å²) >= 11 is -2.01. The highest BCUT2D eigenvalue weighted by Crippen LogP contribution is 2.35. The van der Waals surface area contributed by atoms with E-state index in [2.05, 4.69) is 9.97 Å². The predicted molar refractivity (Wildman–Crippen MR) is 92.1 cm³/mol. The zero-order valence-electron chi connectivity index (χ0n) is 14.0. The van der Waals surface area contributed by atoms with Gasteiger partial charge in [-0.1, -0.05) is 13.8 Å². The van der Waals surface area contributed by atoms with E-state index in [0.29, 0.717) is 28.6 Å². The minimum absolute atomic E-state index is 0.0499. The third-order valence-corrected chi connectivity index (χ3v) is 4.00. The van der Waals surface area contributed by atoms with Crippen LogP contribution in [0.3, 0.4) is 0 Å². The molecule has 0 fully saturated rings. The summed E-state index contributed by atoms with van der Waals surface area (Å²) in [6.45, 7) is 3.93. The lowest BCUT2D eigenvalue weighted by Crippen LogP contribution is -2.25. The van der Waals surface area contributed by atoms with E-state index in [0.717, 1.165) is 0 Å². The summed E-state index contributed by atoms with van der Waals surface area (Å²) in [6, 6.07) is 5.91. The topological polar surface area (TPSA) is 75.5 Å². The van der Waals surface area contributed by atoms with E-state index in [1.54, 1.807) is 19.2 Å². The molecular weight excluding hydrogens is 333 g/mol. The van der Waals surface area contributed by atoms with Gasteiger partial charge in [0, 0.05) is 12.6 Å². The summed E-state index contributed by atoms with van der Waals surface area (Å²) in [5, 5.41) is 0. The van der Waals surface area contributed by atoms with Gasteiger partial charge in [0.2, 0.25) is 5.95 Å². The number of ether oxygens (including phenoxy) is 1. The van der Waals surface area contributed by atoms with Crippen molar-refractivity contribution in [1.82, 2.24) is 9.97 Å². The van der Waals surface area contributed by atoms with Gasteiger partial charge in [-0.25, -0.2) is 18.6 Å². The molecule has 1 aromatic heterocycles. The molecule has 0 amide bonds. The molecular formula is C16H20FN3O3S. The largest absolute Gasteiger partial charge is 0.493 e. The lowest BCUT2D eigenvalue weighted by Gasteiger charge is -2.20. The molecule has 1 heterocycles. The number of benzene rings is 1. The first-order valence-corrected chi connectivity index (χ1v) is 8.61. The molecule has 6 nitrogen and oxygen atoms in total. The van der Waals surface area contributed by atoms with Crippen LogP contribution in [0.15, 0.2) is 24.3 Å². The maximum Gasteiger partial charge on any atom is 0.226 e. The molecule has 1 N–H and O–H groups in total. The third-order valence-electron chi connectivity index (χ3n) is 3.39. The number of methoxy groups -OCH3 is 1. The maximum atomic E-state index is 13.2. The molecule has 1 aromatic carbocycles. The first-order chi connectivity index (χ1) is 11.3. The van der Waals surface area contributed by atoms with Crippen molar-refractivity contribution in [2.45, 2.75) is 19.8 Å². The second-order valence-corrected chi connectivity index (χ2v) is 6.50. The summed E-state index contributed by atoms with van der Waals surface area (Å²) < 4.78 is 38.9. The van der Waals surface area contributed by atoms with Crippen molar-refractivity contribution in [1.29, 1.82) is 0 Å². The van der Waals surface area contributed by atoms with Crippen molar-refractivity contribution in [3.8, 4) is 17.0 Å². The zero-order valence-corrected chi connectivity index (χ0v) is 14.8. The fourth-order valence-electron chi connectivity index (χ4n) is 2.25. The van der Waals surface area contributed by atoms with Crippen LogP contribution < -0.4 is 9.64 Å². The Hall–Kier alpha value is -2.06. The second kappa shape index (κ2) is 7.67. The van der Waals surface area contributed by atoms with Crippen molar-refractivity contribution >= 4 is 17.0 Å². The molecule has 24 heavy (non-hydrogen) atoms. The molecule has 8 heteroatoms. The van der Waals surface area contributed by atoms with Gasteiger partial charge in [-0.3, -0.25) is 0 Å². The molecule has 0 spiro atoms. The summed E-state index contributed by atoms with van der Waals surface area (Å²) in [7, 11) is 3.16. The van der Waals surface area contributed by atoms with Crippen LogP contribution in [0, 0.1) is 5.82 Å². The van der Waals surface area contributed by atoms with Gasteiger partial charge in [-0.05, 0) is 30.2 Å². The van der Waals surface area contributed by atoms with E-state index in [1.165, 1.54) is 24.1 Å². The monoisotopic (exact) mass is 353 g/mol. The quantitative estimate of drug-likeness (QED) is 0.805. The minimum atomic E-state index is -2.01. The van der Waals surface area contributed by atoms with Crippen molar-refractivity contribution in [2.75, 3.05) is 24.9 Å². The fraction of sp³-hybridized carbons (Fsp3) is 0.375. The normalized spacial score (nSPS) is 12.3. The first kappa shape index (κ1) is 18.3. The van der Waals surface area contributed by atoms with Crippen LogP contribution >= 0.6 is 0 Å². The van der Waals surface area contributed by atoms with E-state index in [9.17, 15) is 8.60 Å². The Morgan fingerprint density at radius 2 is 1.92 bits per heavy atom. The van der Waals surface area contributed by atoms with Gasteiger partial charge in [0.15, 0.2) is 16.8 Å². The fourth-order valence-corrected chi connectivity index (χ4v) is 2.69. The standard InChI is InChI=1S/C16H20FN3O3S/c1-10(2)13-15(23-4)14(11-5-7-12(17)8-6-11)19-16(18-13)20(3)9-24(21)22/h5-8,10H,9H2,1-4H3,(H,21,22). The van der Waals surface area contributed by atoms with Crippen LogP contribution in [-0.4, -0.2) is 38.8 Å². The lowest BCUT2D eigenvalue weighted by atomic mass is 10.0. The molecule has 130 valence electrons. The molecule has 0 aliphatic heterocycles. The zero-order chi connectivity index (χ0) is 17.9. The lowest BCUT2D eigenvalue weighted by molar-refractivity contribution is 0.404. The van der Waals surface area contributed by atoms with Gasteiger partial charge in [-0.15, -0.1) is 0 Å². The number of halogens is 1. The minimum Gasteiger partial charge on any atom is -0.493 e. The van der Waals surface area contributed by atoms with Crippen LogP contribution in [0.5, 0.6) is 5.75 Å². The molecule has 0 bridgehead atoms. The summed E-state index contributed by atoms with van der Waals surface area (Å²) in [6.07, 6.45) is 0. The van der Waals surface area contributed by atoms with Gasteiger partial charge < -0.3 is 14.2 Å². The highest BCUT2D eigenvalue weighted by Gasteiger charge is 2.21. The molecule has 0 radical (unpaired) electrons. The van der Waals surface area contributed by atoms with Gasteiger partial charge >= 0.3 is 0 Å². The molecule has 0 saturated carbocycles. The summed E-state index contributed by atoms with van der Waals surface area (Å²) in [5.41, 5.74) is 1.87. The molecule has 0 aliphatic carbocycles. The Bertz CT molecular complexity index is 738. The molecule has 0 aliphatic rings. The van der Waals surface area contributed by atoms with Crippen molar-refractivity contribution in [3.05, 3.63) is 35.8 Å². The van der Waals surface area contributed by atoms with Crippen LogP contribution in [-0.2, 0) is 11.1 Å². The van der Waals surface area contributed by atoms with Crippen molar-refractivity contribution in [3.63, 3.8) is 0 Å². The Balaban J connectivity index is 2.63. The summed E-state index contributed by atoms with van der Waals surface area (Å²) in [5.74, 6) is 0.408. The average molecular weight is 353 g/mol. The Morgan fingerprint density at radius 1 is 1.29 bits per heavy atom. The van der Waals surface area contributed by atoms with Crippen LogP contribution in [0.4, 0.5) is 10.3 Å². The van der Waals surface area contributed by atoms with Gasteiger partial charge in [0.05, 0.1) is 12.8 Å². The van der Waals surface area contributed by atoms with E-state index in [1.807, 2.05) is 13.8 Å². The Labute approximate surface area is 143 Å². The van der Waals surface area contributed by atoms with Crippen molar-refractivity contribution < 1.29 is 17.9 Å². The van der Waals surface area contributed by atoms with Crippen molar-refractivity contribution in [2.24, 2.45) is 0 Å². The predicted octanol–water partition coefficient (Wildman–Crippen LogP) is 3.03. The second-order valence-electron chi connectivity index (χ2n) is 5.60. The van der Waals surface area contributed by atoms with E-state index >= 15 is 0 Å². The molecule has 1 atom stereocenters. The SMILES string of the molecule is COc1c(-c2ccc(F)cc2)nc(N(C)CS(=O)O)nc1C(C)C. The molecule has 2 rings (SSSR count). The van der Waals surface area contributed by atoms with E-state index in [4.69, 9.17) is 9.29 Å².